The lowest BCUT2D eigenvalue weighted by molar-refractivity contribution is -0.206. The van der Waals surface area contributed by atoms with Crippen molar-refractivity contribution in [2.45, 2.75) is 256 Å². The smallest absolute Gasteiger partial charge is 0.333 e. The molecule has 0 radical (unpaired) electrons. The molecule has 9 heteroatoms. The maximum Gasteiger partial charge on any atom is 0.348 e. The Morgan fingerprint density at radius 1 is 0.400 bits per heavy atom. The standard InChI is InChI=1S/C46H93N3O4S2/c1-5-7-9-11-13-15-17-19-21-23-25-27-29-31-33-35-37-45(47,39-41-54-3)43(50)52-49-53-44(51)46(48,40-42-55-4)38-36-34-32-30-28-26-24-22-20-18-16-14-12-10-8-6-2/h49H,5-42,47-48H2,1-4H3. The van der Waals surface area contributed by atoms with E-state index in [1.807, 2.05) is 12.5 Å². The first-order valence-electron chi connectivity index (χ1n) is 23.5. The van der Waals surface area contributed by atoms with Gasteiger partial charge in [0.1, 0.15) is 11.1 Å². The number of nitrogens with one attached hydrogen (secondary N) is 1. The third-order valence-corrected chi connectivity index (χ3v) is 12.8. The number of rotatable bonds is 44. The van der Waals surface area contributed by atoms with Gasteiger partial charge in [-0.2, -0.15) is 23.5 Å². The molecule has 0 amide bonds. The van der Waals surface area contributed by atoms with Gasteiger partial charge in [0.2, 0.25) is 0 Å². The second kappa shape index (κ2) is 40.3. The number of hydrogen-bond donors (Lipinski definition) is 3. The maximum absolute atomic E-state index is 13.2. The Balaban J connectivity index is 4.28. The molecule has 0 aliphatic heterocycles. The molecule has 328 valence electrons. The van der Waals surface area contributed by atoms with Gasteiger partial charge in [-0.25, -0.2) is 9.59 Å². The van der Waals surface area contributed by atoms with Crippen molar-refractivity contribution in [2.75, 3.05) is 24.0 Å². The van der Waals surface area contributed by atoms with Crippen LogP contribution < -0.4 is 17.1 Å². The number of carbonyl (C=O) groups excluding carboxylic acids is 2. The van der Waals surface area contributed by atoms with Crippen LogP contribution in [0.1, 0.15) is 245 Å². The van der Waals surface area contributed by atoms with E-state index in [1.54, 1.807) is 23.5 Å². The second-order valence-corrected chi connectivity index (χ2v) is 18.7. The Morgan fingerprint density at radius 2 is 0.618 bits per heavy atom. The highest BCUT2D eigenvalue weighted by Gasteiger charge is 2.38. The average Bonchev–Trinajstić information content (AvgIpc) is 3.18. The summed E-state index contributed by atoms with van der Waals surface area (Å²) in [6.45, 7) is 4.56. The SMILES string of the molecule is CCCCCCCCCCCCCCCCCCC(N)(CCSC)C(=O)ONOC(=O)C(N)(CCCCCCCCCCCCCCCCCC)CCSC. The lowest BCUT2D eigenvalue weighted by Crippen LogP contribution is -2.53. The molecule has 0 rings (SSSR count). The number of nitrogens with two attached hydrogens (primary N) is 2. The van der Waals surface area contributed by atoms with Crippen LogP contribution >= 0.6 is 23.5 Å². The zero-order valence-electron chi connectivity index (χ0n) is 37.0. The number of hydrogen-bond acceptors (Lipinski definition) is 9. The van der Waals surface area contributed by atoms with Crippen molar-refractivity contribution in [3.05, 3.63) is 0 Å². The predicted molar refractivity (Wildman–Crippen MR) is 243 cm³/mol. The van der Waals surface area contributed by atoms with Crippen molar-refractivity contribution < 1.29 is 19.3 Å². The highest BCUT2D eigenvalue weighted by molar-refractivity contribution is 7.98. The minimum Gasteiger partial charge on any atom is -0.333 e. The van der Waals surface area contributed by atoms with Crippen LogP contribution in [0.2, 0.25) is 0 Å². The van der Waals surface area contributed by atoms with E-state index in [2.05, 4.69) is 19.5 Å². The summed E-state index contributed by atoms with van der Waals surface area (Å²) in [4.78, 5) is 36.8. The Bertz CT molecular complexity index is 788. The van der Waals surface area contributed by atoms with Crippen LogP contribution in [0, 0.1) is 0 Å². The summed E-state index contributed by atoms with van der Waals surface area (Å²) >= 11 is 3.32. The van der Waals surface area contributed by atoms with E-state index in [0.717, 1.165) is 50.0 Å². The molecule has 0 saturated carbocycles. The lowest BCUT2D eigenvalue weighted by Gasteiger charge is -2.28. The molecule has 0 aliphatic carbocycles. The molecule has 0 aromatic rings. The summed E-state index contributed by atoms with van der Waals surface area (Å²) in [6, 6.07) is 0. The molecule has 2 atom stereocenters. The van der Waals surface area contributed by atoms with Crippen molar-refractivity contribution in [3.63, 3.8) is 0 Å². The van der Waals surface area contributed by atoms with E-state index < -0.39 is 23.0 Å². The van der Waals surface area contributed by atoms with E-state index in [9.17, 15) is 9.59 Å². The molecule has 0 bridgehead atoms. The highest BCUT2D eigenvalue weighted by atomic mass is 32.2. The van der Waals surface area contributed by atoms with E-state index in [4.69, 9.17) is 21.1 Å². The Kier molecular flexibility index (Phi) is 40.0. The topological polar surface area (TPSA) is 117 Å². The van der Waals surface area contributed by atoms with Crippen molar-refractivity contribution in [1.82, 2.24) is 5.64 Å². The molecule has 0 aliphatic rings. The molecule has 0 fully saturated rings. The fraction of sp³-hybridized carbons (Fsp3) is 0.957. The molecular formula is C46H93N3O4S2. The molecular weight excluding hydrogens is 723 g/mol. The Hall–Kier alpha value is -0.480. The first kappa shape index (κ1) is 54.5. The molecule has 0 saturated heterocycles. The predicted octanol–water partition coefficient (Wildman–Crippen LogP) is 13.7. The summed E-state index contributed by atoms with van der Waals surface area (Å²) < 4.78 is 0. The van der Waals surface area contributed by atoms with Crippen molar-refractivity contribution >= 4 is 35.5 Å². The summed E-state index contributed by atoms with van der Waals surface area (Å²) in [7, 11) is 0. The first-order valence-corrected chi connectivity index (χ1v) is 26.3. The van der Waals surface area contributed by atoms with Gasteiger partial charge in [0.15, 0.2) is 0 Å². The van der Waals surface area contributed by atoms with E-state index in [-0.39, 0.29) is 0 Å². The summed E-state index contributed by atoms with van der Waals surface area (Å²) in [6.07, 6.45) is 47.7. The summed E-state index contributed by atoms with van der Waals surface area (Å²) in [5.74, 6) is 0.341. The quantitative estimate of drug-likeness (QED) is 0.0408. The van der Waals surface area contributed by atoms with Gasteiger partial charge in [-0.15, -0.1) is 0 Å². The van der Waals surface area contributed by atoms with Crippen LogP contribution in [0.3, 0.4) is 0 Å². The van der Waals surface area contributed by atoms with Crippen LogP contribution in [0.5, 0.6) is 0 Å². The molecule has 7 nitrogen and oxygen atoms in total. The molecule has 0 aromatic heterocycles. The van der Waals surface area contributed by atoms with E-state index in [1.165, 1.54) is 167 Å². The highest BCUT2D eigenvalue weighted by Crippen LogP contribution is 2.24. The van der Waals surface area contributed by atoms with Crippen LogP contribution in [0.4, 0.5) is 0 Å². The molecule has 55 heavy (non-hydrogen) atoms. The van der Waals surface area contributed by atoms with Crippen LogP contribution in [0.15, 0.2) is 0 Å². The monoisotopic (exact) mass is 816 g/mol. The second-order valence-electron chi connectivity index (χ2n) is 16.8. The van der Waals surface area contributed by atoms with Crippen molar-refractivity contribution in [3.8, 4) is 0 Å². The maximum atomic E-state index is 13.2. The summed E-state index contributed by atoms with van der Waals surface area (Å²) in [5.41, 5.74) is 13.2. The third-order valence-electron chi connectivity index (χ3n) is 11.5. The van der Waals surface area contributed by atoms with Gasteiger partial charge in [-0.1, -0.05) is 219 Å². The van der Waals surface area contributed by atoms with Gasteiger partial charge >= 0.3 is 11.9 Å². The molecule has 0 aromatic carbocycles. The molecule has 5 N–H and O–H groups in total. The molecule has 0 heterocycles. The fourth-order valence-electron chi connectivity index (χ4n) is 7.50. The van der Waals surface area contributed by atoms with Crippen molar-refractivity contribution in [2.24, 2.45) is 11.5 Å². The number of carbonyl (C=O) groups is 2. The van der Waals surface area contributed by atoms with Crippen molar-refractivity contribution in [1.29, 1.82) is 0 Å². The largest absolute Gasteiger partial charge is 0.348 e. The van der Waals surface area contributed by atoms with Gasteiger partial charge in [0.05, 0.1) is 0 Å². The minimum absolute atomic E-state index is 0.509. The minimum atomic E-state index is -1.12. The van der Waals surface area contributed by atoms with Gasteiger partial charge < -0.3 is 21.1 Å². The van der Waals surface area contributed by atoms with Gasteiger partial charge in [-0.05, 0) is 49.7 Å². The fourth-order valence-corrected chi connectivity index (χ4v) is 8.64. The Morgan fingerprint density at radius 3 is 0.836 bits per heavy atom. The van der Waals surface area contributed by atoms with Gasteiger partial charge in [-0.3, -0.25) is 0 Å². The van der Waals surface area contributed by atoms with E-state index in [0.29, 0.717) is 25.7 Å². The zero-order valence-corrected chi connectivity index (χ0v) is 38.6. The average molecular weight is 816 g/mol. The number of thioether (sulfide) groups is 2. The van der Waals surface area contributed by atoms with Crippen LogP contribution in [0.25, 0.3) is 0 Å². The van der Waals surface area contributed by atoms with Gasteiger partial charge in [0, 0.05) is 5.64 Å². The third kappa shape index (κ3) is 33.1. The zero-order chi connectivity index (χ0) is 40.6. The van der Waals surface area contributed by atoms with Crippen LogP contribution in [-0.2, 0) is 19.3 Å². The molecule has 0 spiro atoms. The first-order chi connectivity index (χ1) is 26.8. The van der Waals surface area contributed by atoms with E-state index >= 15 is 0 Å². The normalized spacial score (nSPS) is 13.8. The summed E-state index contributed by atoms with van der Waals surface area (Å²) in [5, 5.41) is 0. The molecule has 2 unspecified atom stereocenters. The number of unbranched alkanes of at least 4 members (excludes halogenated alkanes) is 30. The Labute approximate surface area is 350 Å². The lowest BCUT2D eigenvalue weighted by atomic mass is 9.90. The van der Waals surface area contributed by atoms with Gasteiger partial charge in [0.25, 0.3) is 0 Å². The van der Waals surface area contributed by atoms with Crippen LogP contribution in [-0.4, -0.2) is 47.0 Å².